The maximum Gasteiger partial charge on any atom is 0.146 e. The van der Waals surface area contributed by atoms with Crippen molar-refractivity contribution in [2.24, 2.45) is 7.05 Å². The Balaban J connectivity index is 1.45. The van der Waals surface area contributed by atoms with Gasteiger partial charge in [0.2, 0.25) is 0 Å². The van der Waals surface area contributed by atoms with Crippen molar-refractivity contribution in [1.82, 2.24) is 24.6 Å². The van der Waals surface area contributed by atoms with Gasteiger partial charge in [-0.1, -0.05) is 0 Å². The summed E-state index contributed by atoms with van der Waals surface area (Å²) >= 11 is 0. The predicted molar refractivity (Wildman–Crippen MR) is 100 cm³/mol. The molecule has 2 fully saturated rings. The molecule has 2 saturated heterocycles. The van der Waals surface area contributed by atoms with Crippen LogP contribution < -0.4 is 4.90 Å². The molecule has 1 atom stereocenters. The molecule has 2 aliphatic heterocycles. The minimum Gasteiger partial charge on any atom is -0.379 e. The fourth-order valence-corrected chi connectivity index (χ4v) is 3.86. The van der Waals surface area contributed by atoms with Gasteiger partial charge in [-0.2, -0.15) is 5.26 Å². The van der Waals surface area contributed by atoms with Crippen LogP contribution in [0.4, 0.5) is 5.82 Å². The third-order valence-electron chi connectivity index (χ3n) is 5.45. The highest BCUT2D eigenvalue weighted by molar-refractivity contribution is 5.42. The summed E-state index contributed by atoms with van der Waals surface area (Å²) in [5.41, 5.74) is 0.591. The molecule has 0 N–H and O–H groups in total. The van der Waals surface area contributed by atoms with E-state index in [2.05, 4.69) is 42.7 Å². The van der Waals surface area contributed by atoms with Gasteiger partial charge < -0.3 is 14.2 Å². The van der Waals surface area contributed by atoms with Crippen LogP contribution >= 0.6 is 0 Å². The van der Waals surface area contributed by atoms with E-state index < -0.39 is 0 Å². The number of aromatic nitrogens is 4. The molecule has 0 radical (unpaired) electrons. The van der Waals surface area contributed by atoms with Crippen LogP contribution in [0.5, 0.6) is 0 Å². The maximum atomic E-state index is 8.95. The van der Waals surface area contributed by atoms with Crippen LogP contribution in [0.25, 0.3) is 0 Å². The summed E-state index contributed by atoms with van der Waals surface area (Å²) in [7, 11) is 2.07. The normalized spacial score (nSPS) is 21.2. The van der Waals surface area contributed by atoms with Crippen molar-refractivity contribution in [3.63, 3.8) is 0 Å². The highest BCUT2D eigenvalue weighted by atomic mass is 16.5. The lowest BCUT2D eigenvalue weighted by atomic mass is 9.97. The largest absolute Gasteiger partial charge is 0.379 e. The molecule has 2 aromatic heterocycles. The fourth-order valence-electron chi connectivity index (χ4n) is 3.86. The van der Waals surface area contributed by atoms with Crippen molar-refractivity contribution in [3.8, 4) is 6.07 Å². The van der Waals surface area contributed by atoms with Crippen LogP contribution in [0.2, 0.25) is 0 Å². The average Bonchev–Trinajstić information content (AvgIpc) is 3.09. The van der Waals surface area contributed by atoms with Gasteiger partial charge in [-0.25, -0.2) is 4.98 Å². The van der Waals surface area contributed by atoms with E-state index >= 15 is 0 Å². The van der Waals surface area contributed by atoms with Gasteiger partial charge in [0.15, 0.2) is 0 Å². The Bertz CT molecular complexity index is 804. The summed E-state index contributed by atoms with van der Waals surface area (Å²) < 4.78 is 7.59. The topological polar surface area (TPSA) is 83.1 Å². The lowest BCUT2D eigenvalue weighted by Gasteiger charge is -2.33. The van der Waals surface area contributed by atoms with Gasteiger partial charge in [0.1, 0.15) is 23.5 Å². The Morgan fingerprint density at radius 3 is 2.81 bits per heavy atom. The average molecular weight is 367 g/mol. The number of anilines is 1. The summed E-state index contributed by atoms with van der Waals surface area (Å²) in [5, 5.41) is 17.9. The molecule has 0 aliphatic carbocycles. The van der Waals surface area contributed by atoms with Gasteiger partial charge in [-0.15, -0.1) is 10.2 Å². The molecule has 0 saturated carbocycles. The first-order valence-electron chi connectivity index (χ1n) is 9.54. The van der Waals surface area contributed by atoms with Gasteiger partial charge in [0.25, 0.3) is 0 Å². The number of nitriles is 1. The summed E-state index contributed by atoms with van der Waals surface area (Å²) in [6.45, 7) is 6.16. The molecule has 2 aromatic rings. The zero-order valence-electron chi connectivity index (χ0n) is 15.7. The molecule has 0 unspecified atom stereocenters. The first-order valence-corrected chi connectivity index (χ1v) is 9.54. The molecule has 0 spiro atoms. The molecule has 142 valence electrons. The first-order chi connectivity index (χ1) is 13.2. The van der Waals surface area contributed by atoms with Crippen LogP contribution in [0.15, 0.2) is 18.3 Å². The van der Waals surface area contributed by atoms with E-state index in [4.69, 9.17) is 10.00 Å². The third-order valence-corrected chi connectivity index (χ3v) is 5.45. The number of pyridine rings is 1. The zero-order chi connectivity index (χ0) is 18.6. The summed E-state index contributed by atoms with van der Waals surface area (Å²) in [6, 6.07) is 5.88. The zero-order valence-corrected chi connectivity index (χ0v) is 15.7. The number of hydrogen-bond donors (Lipinski definition) is 0. The summed E-state index contributed by atoms with van der Waals surface area (Å²) in [5.74, 6) is 3.33. The van der Waals surface area contributed by atoms with Crippen LogP contribution in [0, 0.1) is 11.3 Å². The predicted octanol–water partition coefficient (Wildman–Crippen LogP) is 1.30. The first kappa shape index (κ1) is 17.9. The van der Waals surface area contributed by atoms with Crippen molar-refractivity contribution in [2.45, 2.75) is 25.3 Å². The lowest BCUT2D eigenvalue weighted by Crippen LogP contribution is -2.37. The number of rotatable bonds is 4. The molecule has 0 aromatic carbocycles. The molecule has 4 heterocycles. The van der Waals surface area contributed by atoms with Gasteiger partial charge >= 0.3 is 0 Å². The fraction of sp³-hybridized carbons (Fsp3) is 0.579. The number of morpholine rings is 1. The van der Waals surface area contributed by atoms with Gasteiger partial charge in [0.05, 0.1) is 25.3 Å². The van der Waals surface area contributed by atoms with E-state index in [1.165, 1.54) is 0 Å². The monoisotopic (exact) mass is 367 g/mol. The molecular weight excluding hydrogens is 342 g/mol. The van der Waals surface area contributed by atoms with Crippen molar-refractivity contribution in [3.05, 3.63) is 35.5 Å². The molecular formula is C19H25N7O. The van der Waals surface area contributed by atoms with E-state index in [9.17, 15) is 0 Å². The Morgan fingerprint density at radius 1 is 1.22 bits per heavy atom. The van der Waals surface area contributed by atoms with Crippen LogP contribution in [-0.4, -0.2) is 64.0 Å². The molecule has 27 heavy (non-hydrogen) atoms. The van der Waals surface area contributed by atoms with E-state index in [0.29, 0.717) is 11.5 Å². The second-order valence-corrected chi connectivity index (χ2v) is 7.22. The number of hydrogen-bond acceptors (Lipinski definition) is 7. The summed E-state index contributed by atoms with van der Waals surface area (Å²) in [4.78, 5) is 9.10. The Labute approximate surface area is 159 Å². The van der Waals surface area contributed by atoms with E-state index in [-0.39, 0.29) is 0 Å². The van der Waals surface area contributed by atoms with Crippen LogP contribution in [0.1, 0.15) is 36.0 Å². The minimum atomic E-state index is 0.340. The van der Waals surface area contributed by atoms with Crippen molar-refractivity contribution < 1.29 is 4.74 Å². The lowest BCUT2D eigenvalue weighted by molar-refractivity contribution is 0.0326. The van der Waals surface area contributed by atoms with Crippen molar-refractivity contribution >= 4 is 5.82 Å². The van der Waals surface area contributed by atoms with Gasteiger partial charge in [0, 0.05) is 45.3 Å². The quantitative estimate of drug-likeness (QED) is 0.805. The third kappa shape index (κ3) is 3.94. The molecule has 0 amide bonds. The molecule has 2 aliphatic rings. The number of nitrogens with zero attached hydrogens (tertiary/aromatic N) is 7. The molecule has 4 rings (SSSR count). The maximum absolute atomic E-state index is 8.95. The van der Waals surface area contributed by atoms with E-state index in [0.717, 1.165) is 76.2 Å². The second-order valence-electron chi connectivity index (χ2n) is 7.22. The van der Waals surface area contributed by atoms with Crippen molar-refractivity contribution in [1.29, 1.82) is 5.26 Å². The van der Waals surface area contributed by atoms with Crippen LogP contribution in [0.3, 0.4) is 0 Å². The number of piperidine rings is 1. The SMILES string of the molecule is Cn1c(CN2CCOCC2)nnc1[C@H]1CCCN(c2ccc(C#N)cn2)C1. The Kier molecular flexibility index (Phi) is 5.32. The van der Waals surface area contributed by atoms with Crippen LogP contribution in [-0.2, 0) is 18.3 Å². The number of ether oxygens (including phenoxy) is 1. The smallest absolute Gasteiger partial charge is 0.146 e. The standard InChI is InChI=1S/C19H25N7O/c1-24-18(14-25-7-9-27-10-8-25)22-23-19(24)16-3-2-6-26(13-16)17-5-4-15(11-20)12-21-17/h4-5,12,16H,2-3,6-10,13-14H2,1H3/t16-/m0/s1. The molecule has 8 heteroatoms. The second kappa shape index (κ2) is 8.03. The summed E-state index contributed by atoms with van der Waals surface area (Å²) in [6.07, 6.45) is 3.84. The minimum absolute atomic E-state index is 0.340. The van der Waals surface area contributed by atoms with Crippen molar-refractivity contribution in [2.75, 3.05) is 44.3 Å². The Morgan fingerprint density at radius 2 is 2.07 bits per heavy atom. The molecule has 0 bridgehead atoms. The highest BCUT2D eigenvalue weighted by Gasteiger charge is 2.27. The molecule has 8 nitrogen and oxygen atoms in total. The van der Waals surface area contributed by atoms with Gasteiger partial charge in [-0.3, -0.25) is 4.90 Å². The Hall–Kier alpha value is -2.50. The van der Waals surface area contributed by atoms with E-state index in [1.54, 1.807) is 6.20 Å². The van der Waals surface area contributed by atoms with E-state index in [1.807, 2.05) is 12.1 Å². The highest BCUT2D eigenvalue weighted by Crippen LogP contribution is 2.28. The van der Waals surface area contributed by atoms with Gasteiger partial charge in [-0.05, 0) is 25.0 Å².